The number of unbranched alkanes of at least 4 members (excludes halogenated alkanes) is 3. The number of hydrogen-bond acceptors (Lipinski definition) is 5. The molecule has 3 rings (SSSR count). The summed E-state index contributed by atoms with van der Waals surface area (Å²) in [6.45, 7) is 8.09. The van der Waals surface area contributed by atoms with Crippen LogP contribution in [0.3, 0.4) is 0 Å². The topological polar surface area (TPSA) is 52.6 Å². The molecule has 2 aromatic carbocycles. The van der Waals surface area contributed by atoms with E-state index < -0.39 is 0 Å². The molecule has 0 amide bonds. The highest BCUT2D eigenvalue weighted by molar-refractivity contribution is 7.99. The number of rotatable bonds is 12. The minimum absolute atomic E-state index is 0.325. The Morgan fingerprint density at radius 1 is 0.917 bits per heavy atom. The van der Waals surface area contributed by atoms with E-state index in [0.29, 0.717) is 23.8 Å². The summed E-state index contributed by atoms with van der Waals surface area (Å²) < 4.78 is 10.5. The molecule has 0 aliphatic heterocycles. The van der Waals surface area contributed by atoms with Crippen LogP contribution < -0.4 is 4.74 Å². The van der Waals surface area contributed by atoms with Gasteiger partial charge in [0.2, 0.25) is 0 Å². The molecule has 1 fully saturated rings. The molecule has 4 nitrogen and oxygen atoms in total. The molecular weight excluding hydrogens is 468 g/mol. The van der Waals surface area contributed by atoms with Gasteiger partial charge in [0.25, 0.3) is 0 Å². The van der Waals surface area contributed by atoms with Crippen molar-refractivity contribution >= 4 is 23.7 Å². The largest absolute Gasteiger partial charge is 0.463 e. The van der Waals surface area contributed by atoms with Crippen LogP contribution in [0.5, 0.6) is 5.75 Å². The molecule has 1 aliphatic rings. The number of ether oxygens (including phenoxy) is 2. The van der Waals surface area contributed by atoms with Crippen molar-refractivity contribution in [2.75, 3.05) is 12.4 Å². The lowest BCUT2D eigenvalue weighted by Crippen LogP contribution is -2.09. The number of benzene rings is 2. The SMILES string of the molecule is C=CC(=O)OCCCCCCSc1ccc(C(=O)Oc2ccc(C3CCCCC3)cc2)cc1.CCC. The minimum atomic E-state index is -0.356. The van der Waals surface area contributed by atoms with Crippen molar-refractivity contribution in [3.8, 4) is 5.75 Å². The molecule has 196 valence electrons. The summed E-state index contributed by atoms with van der Waals surface area (Å²) >= 11 is 1.78. The second kappa shape index (κ2) is 17.8. The van der Waals surface area contributed by atoms with E-state index in [1.54, 1.807) is 11.8 Å². The van der Waals surface area contributed by atoms with Crippen LogP contribution in [0.1, 0.15) is 99.9 Å². The molecule has 1 aliphatic carbocycles. The number of carbonyl (C=O) groups excluding carboxylic acids is 2. The number of carbonyl (C=O) groups is 2. The van der Waals surface area contributed by atoms with Gasteiger partial charge in [-0.15, -0.1) is 11.8 Å². The van der Waals surface area contributed by atoms with Gasteiger partial charge < -0.3 is 9.47 Å². The van der Waals surface area contributed by atoms with Gasteiger partial charge in [-0.3, -0.25) is 0 Å². The standard InChI is InChI=1S/C28H34O4S.C3H8/c1-2-27(29)31-20-8-3-4-9-21-33-26-18-14-24(15-19-26)28(30)32-25-16-12-23(13-17-25)22-10-6-5-7-11-22;1-3-2/h2,12-19,22H,1,3-11,20-21H2;3H2,1-2H3. The number of thioether (sulfide) groups is 1. The van der Waals surface area contributed by atoms with Crippen molar-refractivity contribution in [3.63, 3.8) is 0 Å². The van der Waals surface area contributed by atoms with Crippen LogP contribution in [0.4, 0.5) is 0 Å². The third-order valence-corrected chi connectivity index (χ3v) is 7.07. The average Bonchev–Trinajstić information content (AvgIpc) is 2.91. The molecule has 0 unspecified atom stereocenters. The van der Waals surface area contributed by atoms with Gasteiger partial charge in [0.05, 0.1) is 12.2 Å². The molecule has 0 aromatic heterocycles. The fourth-order valence-electron chi connectivity index (χ4n) is 4.08. The van der Waals surface area contributed by atoms with Crippen LogP contribution in [0.15, 0.2) is 66.1 Å². The first-order valence-corrected chi connectivity index (χ1v) is 14.4. The maximum absolute atomic E-state index is 12.5. The molecule has 0 radical (unpaired) electrons. The fourth-order valence-corrected chi connectivity index (χ4v) is 4.99. The zero-order chi connectivity index (χ0) is 26.0. The minimum Gasteiger partial charge on any atom is -0.463 e. The Labute approximate surface area is 221 Å². The molecule has 0 bridgehead atoms. The Morgan fingerprint density at radius 3 is 2.19 bits per heavy atom. The van der Waals surface area contributed by atoms with Gasteiger partial charge in [-0.2, -0.15) is 0 Å². The highest BCUT2D eigenvalue weighted by atomic mass is 32.2. The Kier molecular flexibility index (Phi) is 14.7. The van der Waals surface area contributed by atoms with Crippen molar-refractivity contribution < 1.29 is 19.1 Å². The van der Waals surface area contributed by atoms with E-state index in [9.17, 15) is 9.59 Å². The van der Waals surface area contributed by atoms with Crippen molar-refractivity contribution in [1.29, 1.82) is 0 Å². The van der Waals surface area contributed by atoms with Crippen molar-refractivity contribution in [2.45, 2.75) is 88.9 Å². The van der Waals surface area contributed by atoms with E-state index in [2.05, 4.69) is 32.6 Å². The predicted molar refractivity (Wildman–Crippen MR) is 150 cm³/mol. The quantitative estimate of drug-likeness (QED) is 0.0939. The zero-order valence-corrected chi connectivity index (χ0v) is 22.8. The fraction of sp³-hybridized carbons (Fsp3) is 0.484. The van der Waals surface area contributed by atoms with E-state index in [-0.39, 0.29) is 11.9 Å². The van der Waals surface area contributed by atoms with E-state index in [1.807, 2.05) is 36.4 Å². The summed E-state index contributed by atoms with van der Waals surface area (Å²) in [6.07, 6.45) is 13.0. The Morgan fingerprint density at radius 2 is 1.56 bits per heavy atom. The zero-order valence-electron chi connectivity index (χ0n) is 22.0. The van der Waals surface area contributed by atoms with Crippen LogP contribution in [0.25, 0.3) is 0 Å². The van der Waals surface area contributed by atoms with E-state index in [4.69, 9.17) is 9.47 Å². The molecule has 0 saturated heterocycles. The lowest BCUT2D eigenvalue weighted by Gasteiger charge is -2.22. The van der Waals surface area contributed by atoms with Crippen LogP contribution in [0, 0.1) is 0 Å². The predicted octanol–water partition coefficient (Wildman–Crippen LogP) is 8.75. The second-order valence-corrected chi connectivity index (χ2v) is 10.3. The molecule has 36 heavy (non-hydrogen) atoms. The Balaban J connectivity index is 0.00000145. The molecular formula is C31H42O4S. The maximum atomic E-state index is 12.5. The summed E-state index contributed by atoms with van der Waals surface area (Å²) in [5, 5.41) is 0. The molecule has 0 N–H and O–H groups in total. The molecule has 0 heterocycles. The smallest absolute Gasteiger partial charge is 0.343 e. The van der Waals surface area contributed by atoms with Crippen molar-refractivity contribution in [2.24, 2.45) is 0 Å². The maximum Gasteiger partial charge on any atom is 0.343 e. The third-order valence-electron chi connectivity index (χ3n) is 5.98. The van der Waals surface area contributed by atoms with Crippen LogP contribution in [0.2, 0.25) is 0 Å². The Bertz CT molecular complexity index is 899. The summed E-state index contributed by atoms with van der Waals surface area (Å²) in [4.78, 5) is 24.6. The van der Waals surface area contributed by atoms with E-state index >= 15 is 0 Å². The first-order chi connectivity index (χ1) is 17.6. The number of esters is 2. The van der Waals surface area contributed by atoms with Crippen LogP contribution in [-0.4, -0.2) is 24.3 Å². The van der Waals surface area contributed by atoms with Gasteiger partial charge in [0.1, 0.15) is 5.75 Å². The lowest BCUT2D eigenvalue weighted by atomic mass is 9.84. The van der Waals surface area contributed by atoms with Crippen molar-refractivity contribution in [1.82, 2.24) is 0 Å². The first-order valence-electron chi connectivity index (χ1n) is 13.4. The van der Waals surface area contributed by atoms with Crippen LogP contribution in [-0.2, 0) is 9.53 Å². The van der Waals surface area contributed by atoms with Crippen molar-refractivity contribution in [3.05, 3.63) is 72.3 Å². The second-order valence-electron chi connectivity index (χ2n) is 9.16. The molecule has 1 saturated carbocycles. The Hall–Kier alpha value is -2.53. The normalized spacial score (nSPS) is 13.3. The van der Waals surface area contributed by atoms with Crippen LogP contribution >= 0.6 is 11.8 Å². The summed E-state index contributed by atoms with van der Waals surface area (Å²) in [6, 6.07) is 15.6. The average molecular weight is 511 g/mol. The van der Waals surface area contributed by atoms with Gasteiger partial charge in [-0.05, 0) is 79.3 Å². The molecule has 5 heteroatoms. The lowest BCUT2D eigenvalue weighted by molar-refractivity contribution is -0.137. The highest BCUT2D eigenvalue weighted by Gasteiger charge is 2.16. The van der Waals surface area contributed by atoms with E-state index in [0.717, 1.165) is 36.3 Å². The van der Waals surface area contributed by atoms with Gasteiger partial charge in [-0.25, -0.2) is 9.59 Å². The highest BCUT2D eigenvalue weighted by Crippen LogP contribution is 2.33. The molecule has 0 atom stereocenters. The number of hydrogen-bond donors (Lipinski definition) is 0. The van der Waals surface area contributed by atoms with Gasteiger partial charge >= 0.3 is 11.9 Å². The first kappa shape index (κ1) is 29.7. The monoisotopic (exact) mass is 510 g/mol. The summed E-state index contributed by atoms with van der Waals surface area (Å²) in [7, 11) is 0. The van der Waals surface area contributed by atoms with E-state index in [1.165, 1.54) is 50.2 Å². The van der Waals surface area contributed by atoms with Gasteiger partial charge in [-0.1, -0.05) is 71.1 Å². The summed E-state index contributed by atoms with van der Waals surface area (Å²) in [5.41, 5.74) is 1.91. The van der Waals surface area contributed by atoms with Gasteiger partial charge in [0.15, 0.2) is 0 Å². The molecule has 0 spiro atoms. The summed E-state index contributed by atoms with van der Waals surface area (Å²) in [5.74, 6) is 1.58. The third kappa shape index (κ3) is 11.5. The van der Waals surface area contributed by atoms with Gasteiger partial charge in [0, 0.05) is 11.0 Å². The molecule has 2 aromatic rings.